The lowest BCUT2D eigenvalue weighted by atomic mass is 9.90. The van der Waals surface area contributed by atoms with Crippen LogP contribution in [0.15, 0.2) is 4.52 Å². The summed E-state index contributed by atoms with van der Waals surface area (Å²) in [6.07, 6.45) is 4.32. The summed E-state index contributed by atoms with van der Waals surface area (Å²) < 4.78 is 5.35. The Balaban J connectivity index is 2.05. The van der Waals surface area contributed by atoms with Crippen LogP contribution in [0.1, 0.15) is 44.8 Å². The van der Waals surface area contributed by atoms with Gasteiger partial charge in [-0.1, -0.05) is 18.5 Å². The molecule has 2 rings (SSSR count). The van der Waals surface area contributed by atoms with Gasteiger partial charge in [0.1, 0.15) is 0 Å². The molecule has 1 aromatic rings. The van der Waals surface area contributed by atoms with Crippen molar-refractivity contribution >= 4 is 0 Å². The van der Waals surface area contributed by atoms with Crippen LogP contribution in [0.2, 0.25) is 0 Å². The maximum atomic E-state index is 5.35. The Labute approximate surface area is 90.4 Å². The number of hydrogen-bond acceptors (Lipinski definition) is 4. The Hall–Kier alpha value is -0.900. The molecule has 4 heteroatoms. The fourth-order valence-corrected chi connectivity index (χ4v) is 1.94. The van der Waals surface area contributed by atoms with Crippen LogP contribution in [0.25, 0.3) is 0 Å². The third-order valence-electron chi connectivity index (χ3n) is 3.11. The number of nitrogens with zero attached hydrogens (tertiary/aromatic N) is 2. The molecule has 1 aliphatic rings. The molecule has 0 saturated carbocycles. The number of unbranched alkanes of at least 4 members (excludes halogenated alkanes) is 1. The van der Waals surface area contributed by atoms with E-state index in [-0.39, 0.29) is 5.41 Å². The van der Waals surface area contributed by atoms with Gasteiger partial charge in [-0.2, -0.15) is 4.98 Å². The topological polar surface area (TPSA) is 51.0 Å². The van der Waals surface area contributed by atoms with Gasteiger partial charge in [0.2, 0.25) is 5.89 Å². The Bertz CT molecular complexity index is 315. The Kier molecular flexibility index (Phi) is 3.05. The van der Waals surface area contributed by atoms with Crippen molar-refractivity contribution < 1.29 is 4.52 Å². The van der Waals surface area contributed by atoms with E-state index >= 15 is 0 Å². The average molecular weight is 209 g/mol. The highest BCUT2D eigenvalue weighted by Gasteiger charge is 2.35. The summed E-state index contributed by atoms with van der Waals surface area (Å²) in [5.41, 5.74) is 0.0530. The summed E-state index contributed by atoms with van der Waals surface area (Å²) in [5, 5.41) is 7.37. The molecule has 1 atom stereocenters. The maximum Gasteiger partial charge on any atom is 0.233 e. The Morgan fingerprint density at radius 2 is 2.40 bits per heavy atom. The Morgan fingerprint density at radius 3 is 3.07 bits per heavy atom. The summed E-state index contributed by atoms with van der Waals surface area (Å²) in [6.45, 7) is 6.35. The number of hydrogen-bond donors (Lipinski definition) is 1. The molecule has 4 nitrogen and oxygen atoms in total. The van der Waals surface area contributed by atoms with Gasteiger partial charge in [0, 0.05) is 13.0 Å². The zero-order chi connectivity index (χ0) is 10.7. The van der Waals surface area contributed by atoms with Crippen molar-refractivity contribution in [3.05, 3.63) is 11.7 Å². The first-order valence-corrected chi connectivity index (χ1v) is 5.78. The fraction of sp³-hybridized carbons (Fsp3) is 0.818. The van der Waals surface area contributed by atoms with Gasteiger partial charge in [0.05, 0.1) is 5.41 Å². The van der Waals surface area contributed by atoms with E-state index in [4.69, 9.17) is 4.52 Å². The first kappa shape index (κ1) is 10.6. The standard InChI is InChI=1S/C11H19N3O/c1-3-4-5-9-13-10(15-14-9)11(2)6-7-12-8-11/h12H,3-8H2,1-2H3. The van der Waals surface area contributed by atoms with Gasteiger partial charge in [0.15, 0.2) is 5.82 Å². The fourth-order valence-electron chi connectivity index (χ4n) is 1.94. The van der Waals surface area contributed by atoms with Gasteiger partial charge >= 0.3 is 0 Å². The molecular formula is C11H19N3O. The molecule has 0 spiro atoms. The van der Waals surface area contributed by atoms with Gasteiger partial charge in [-0.15, -0.1) is 0 Å². The molecule has 0 bridgehead atoms. The minimum absolute atomic E-state index is 0.0530. The molecule has 0 amide bonds. The van der Waals surface area contributed by atoms with Crippen LogP contribution < -0.4 is 5.32 Å². The second-order valence-corrected chi connectivity index (χ2v) is 4.61. The molecule has 1 N–H and O–H groups in total. The van der Waals surface area contributed by atoms with Gasteiger partial charge in [0.25, 0.3) is 0 Å². The van der Waals surface area contributed by atoms with E-state index in [0.29, 0.717) is 0 Å². The van der Waals surface area contributed by atoms with E-state index in [1.807, 2.05) is 0 Å². The molecule has 1 aromatic heterocycles. The summed E-state index contributed by atoms with van der Waals surface area (Å²) in [4.78, 5) is 4.48. The van der Waals surface area contributed by atoms with E-state index < -0.39 is 0 Å². The highest BCUT2D eigenvalue weighted by molar-refractivity contribution is 5.07. The second kappa shape index (κ2) is 4.31. The Morgan fingerprint density at radius 1 is 1.53 bits per heavy atom. The molecule has 1 unspecified atom stereocenters. The monoisotopic (exact) mass is 209 g/mol. The molecule has 2 heterocycles. The van der Waals surface area contributed by atoms with Crippen LogP contribution in [-0.4, -0.2) is 23.2 Å². The van der Waals surface area contributed by atoms with Crippen molar-refractivity contribution in [2.45, 2.75) is 44.9 Å². The average Bonchev–Trinajstić information content (AvgIpc) is 2.84. The van der Waals surface area contributed by atoms with E-state index in [1.165, 1.54) is 6.42 Å². The SMILES string of the molecule is CCCCc1noc(C2(C)CCNC2)n1. The normalized spacial score (nSPS) is 26.0. The van der Waals surface area contributed by atoms with Gasteiger partial charge in [-0.3, -0.25) is 0 Å². The number of rotatable bonds is 4. The van der Waals surface area contributed by atoms with Crippen LogP contribution in [0.4, 0.5) is 0 Å². The first-order valence-electron chi connectivity index (χ1n) is 5.78. The summed E-state index contributed by atoms with van der Waals surface area (Å²) in [5.74, 6) is 1.67. The third-order valence-corrected chi connectivity index (χ3v) is 3.11. The van der Waals surface area contributed by atoms with Gasteiger partial charge in [-0.05, 0) is 26.3 Å². The molecular weight excluding hydrogens is 190 g/mol. The minimum atomic E-state index is 0.0530. The minimum Gasteiger partial charge on any atom is -0.339 e. The van der Waals surface area contributed by atoms with Crippen molar-refractivity contribution in [1.82, 2.24) is 15.5 Å². The van der Waals surface area contributed by atoms with Gasteiger partial charge < -0.3 is 9.84 Å². The molecule has 0 aromatic carbocycles. The van der Waals surface area contributed by atoms with Crippen LogP contribution in [-0.2, 0) is 11.8 Å². The number of aromatic nitrogens is 2. The van der Waals surface area contributed by atoms with Crippen LogP contribution in [0.3, 0.4) is 0 Å². The van der Waals surface area contributed by atoms with E-state index in [9.17, 15) is 0 Å². The molecule has 1 aliphatic heterocycles. The van der Waals surface area contributed by atoms with Gasteiger partial charge in [-0.25, -0.2) is 0 Å². The van der Waals surface area contributed by atoms with Crippen molar-refractivity contribution in [3.63, 3.8) is 0 Å². The summed E-state index contributed by atoms with van der Waals surface area (Å²) in [6, 6.07) is 0. The highest BCUT2D eigenvalue weighted by atomic mass is 16.5. The molecule has 15 heavy (non-hydrogen) atoms. The number of aryl methyl sites for hydroxylation is 1. The van der Waals surface area contributed by atoms with Crippen LogP contribution in [0, 0.1) is 0 Å². The van der Waals surface area contributed by atoms with Crippen molar-refractivity contribution in [3.8, 4) is 0 Å². The predicted octanol–water partition coefficient (Wildman–Crippen LogP) is 1.66. The maximum absolute atomic E-state index is 5.35. The molecule has 0 aliphatic carbocycles. The second-order valence-electron chi connectivity index (χ2n) is 4.61. The summed E-state index contributed by atoms with van der Waals surface area (Å²) in [7, 11) is 0. The lowest BCUT2D eigenvalue weighted by molar-refractivity contribution is 0.304. The van der Waals surface area contributed by atoms with Crippen LogP contribution in [0.5, 0.6) is 0 Å². The predicted molar refractivity (Wildman–Crippen MR) is 57.7 cm³/mol. The van der Waals surface area contributed by atoms with Crippen molar-refractivity contribution in [2.75, 3.05) is 13.1 Å². The van der Waals surface area contributed by atoms with Crippen LogP contribution >= 0.6 is 0 Å². The molecule has 0 radical (unpaired) electrons. The van der Waals surface area contributed by atoms with E-state index in [0.717, 1.165) is 44.1 Å². The lowest BCUT2D eigenvalue weighted by Gasteiger charge is -2.15. The van der Waals surface area contributed by atoms with E-state index in [2.05, 4.69) is 29.3 Å². The molecule has 1 fully saturated rings. The smallest absolute Gasteiger partial charge is 0.233 e. The van der Waals surface area contributed by atoms with Crippen molar-refractivity contribution in [2.24, 2.45) is 0 Å². The molecule has 1 saturated heterocycles. The summed E-state index contributed by atoms with van der Waals surface area (Å²) >= 11 is 0. The zero-order valence-electron chi connectivity index (χ0n) is 9.55. The number of nitrogens with one attached hydrogen (secondary N) is 1. The molecule has 84 valence electrons. The first-order chi connectivity index (χ1) is 7.24. The van der Waals surface area contributed by atoms with E-state index in [1.54, 1.807) is 0 Å². The zero-order valence-corrected chi connectivity index (χ0v) is 9.55. The third kappa shape index (κ3) is 2.20. The quantitative estimate of drug-likeness (QED) is 0.819. The van der Waals surface area contributed by atoms with Crippen molar-refractivity contribution in [1.29, 1.82) is 0 Å². The largest absolute Gasteiger partial charge is 0.339 e. The lowest BCUT2D eigenvalue weighted by Crippen LogP contribution is -2.25. The highest BCUT2D eigenvalue weighted by Crippen LogP contribution is 2.28.